The Labute approximate surface area is 163 Å². The van der Waals surface area contributed by atoms with Crippen molar-refractivity contribution < 1.29 is 9.53 Å². The summed E-state index contributed by atoms with van der Waals surface area (Å²) < 4.78 is 5.30. The molecule has 4 rings (SSSR count). The normalized spacial score (nSPS) is 18.4. The summed E-state index contributed by atoms with van der Waals surface area (Å²) in [5, 5.41) is 12.4. The van der Waals surface area contributed by atoms with Gasteiger partial charge in [0, 0.05) is 18.7 Å². The van der Waals surface area contributed by atoms with Crippen LogP contribution in [-0.4, -0.2) is 51.2 Å². The lowest BCUT2D eigenvalue weighted by Gasteiger charge is -2.41. The molecule has 7 heteroatoms. The molecule has 1 aliphatic rings. The van der Waals surface area contributed by atoms with Gasteiger partial charge in [-0.1, -0.05) is 42.5 Å². The quantitative estimate of drug-likeness (QED) is 0.660. The Morgan fingerprint density at radius 3 is 2.71 bits per heavy atom. The standard InChI is InChI=1S/C21H23N5O2/c1-25(18-11-17(12-18)16-9-6-10-19(13-16)28-2)20(27)14-26-23-21(22-24-26)15-7-4-3-5-8-15/h3-10,13,17-18H,11-12,14H2,1-2H3. The van der Waals surface area contributed by atoms with Crippen LogP contribution in [0.4, 0.5) is 0 Å². The van der Waals surface area contributed by atoms with Crippen molar-refractivity contribution in [3.8, 4) is 17.1 Å². The van der Waals surface area contributed by atoms with E-state index in [-0.39, 0.29) is 18.5 Å². The van der Waals surface area contributed by atoms with Crippen LogP contribution in [0.15, 0.2) is 54.6 Å². The van der Waals surface area contributed by atoms with Gasteiger partial charge in [-0.3, -0.25) is 4.79 Å². The Bertz CT molecular complexity index is 950. The molecule has 7 nitrogen and oxygen atoms in total. The highest BCUT2D eigenvalue weighted by molar-refractivity contribution is 5.76. The van der Waals surface area contributed by atoms with E-state index >= 15 is 0 Å². The van der Waals surface area contributed by atoms with Gasteiger partial charge in [-0.25, -0.2) is 0 Å². The van der Waals surface area contributed by atoms with Gasteiger partial charge in [-0.2, -0.15) is 4.80 Å². The minimum Gasteiger partial charge on any atom is -0.497 e. The van der Waals surface area contributed by atoms with Crippen LogP contribution >= 0.6 is 0 Å². The first-order valence-electron chi connectivity index (χ1n) is 9.37. The predicted octanol–water partition coefficient (Wildman–Crippen LogP) is 2.75. The summed E-state index contributed by atoms with van der Waals surface area (Å²) in [4.78, 5) is 15.8. The molecule has 1 aliphatic carbocycles. The third kappa shape index (κ3) is 3.74. The number of hydrogen-bond acceptors (Lipinski definition) is 5. The summed E-state index contributed by atoms with van der Waals surface area (Å²) >= 11 is 0. The highest BCUT2D eigenvalue weighted by atomic mass is 16.5. The Morgan fingerprint density at radius 2 is 1.96 bits per heavy atom. The molecule has 3 aromatic rings. The van der Waals surface area contributed by atoms with Gasteiger partial charge < -0.3 is 9.64 Å². The number of methoxy groups -OCH3 is 1. The Hall–Kier alpha value is -3.22. The zero-order valence-corrected chi connectivity index (χ0v) is 16.0. The van der Waals surface area contributed by atoms with Gasteiger partial charge in [0.1, 0.15) is 12.3 Å². The van der Waals surface area contributed by atoms with Gasteiger partial charge in [-0.05, 0) is 41.7 Å². The maximum absolute atomic E-state index is 12.6. The lowest BCUT2D eigenvalue weighted by atomic mass is 9.75. The van der Waals surface area contributed by atoms with Gasteiger partial charge in [0.05, 0.1) is 7.11 Å². The molecule has 1 heterocycles. The second-order valence-electron chi connectivity index (χ2n) is 7.11. The number of amides is 1. The summed E-state index contributed by atoms with van der Waals surface area (Å²) in [5.74, 6) is 1.85. The molecule has 0 saturated heterocycles. The summed E-state index contributed by atoms with van der Waals surface area (Å²) in [6.45, 7) is 0.0939. The molecule has 0 radical (unpaired) electrons. The number of carbonyl (C=O) groups excluding carboxylic acids is 1. The van der Waals surface area contributed by atoms with Crippen LogP contribution < -0.4 is 4.74 Å². The van der Waals surface area contributed by atoms with E-state index in [1.54, 1.807) is 7.11 Å². The summed E-state index contributed by atoms with van der Waals surface area (Å²) in [5.41, 5.74) is 2.15. The van der Waals surface area contributed by atoms with Crippen LogP contribution in [0.5, 0.6) is 5.75 Å². The molecule has 0 spiro atoms. The van der Waals surface area contributed by atoms with Crippen molar-refractivity contribution in [2.75, 3.05) is 14.2 Å². The van der Waals surface area contributed by atoms with Crippen LogP contribution in [0, 0.1) is 0 Å². The number of aromatic nitrogens is 4. The molecule has 2 aromatic carbocycles. The van der Waals surface area contributed by atoms with Crippen molar-refractivity contribution in [3.05, 3.63) is 60.2 Å². The number of ether oxygens (including phenoxy) is 1. The Morgan fingerprint density at radius 1 is 1.18 bits per heavy atom. The Kier molecular flexibility index (Phi) is 5.06. The van der Waals surface area contributed by atoms with E-state index in [1.807, 2.05) is 54.4 Å². The van der Waals surface area contributed by atoms with Crippen molar-refractivity contribution in [2.24, 2.45) is 0 Å². The molecule has 0 bridgehead atoms. The highest BCUT2D eigenvalue weighted by Gasteiger charge is 2.35. The second kappa shape index (κ2) is 7.80. The average molecular weight is 377 g/mol. The molecule has 0 atom stereocenters. The van der Waals surface area contributed by atoms with Crippen LogP contribution in [0.3, 0.4) is 0 Å². The molecule has 0 aliphatic heterocycles. The lowest BCUT2D eigenvalue weighted by Crippen LogP contribution is -2.46. The van der Waals surface area contributed by atoms with E-state index in [4.69, 9.17) is 4.74 Å². The van der Waals surface area contributed by atoms with Crippen LogP contribution in [0.1, 0.15) is 24.3 Å². The molecular formula is C21H23N5O2. The minimum absolute atomic E-state index is 0.00824. The van der Waals surface area contributed by atoms with Gasteiger partial charge in [-0.15, -0.1) is 10.2 Å². The number of hydrogen-bond donors (Lipinski definition) is 0. The van der Waals surface area contributed by atoms with Crippen molar-refractivity contribution in [1.29, 1.82) is 0 Å². The number of rotatable bonds is 6. The predicted molar refractivity (Wildman–Crippen MR) is 105 cm³/mol. The fourth-order valence-corrected chi connectivity index (χ4v) is 3.52. The third-order valence-electron chi connectivity index (χ3n) is 5.38. The number of tetrazole rings is 1. The average Bonchev–Trinajstić information content (AvgIpc) is 3.16. The van der Waals surface area contributed by atoms with E-state index in [0.29, 0.717) is 11.7 Å². The SMILES string of the molecule is COc1cccc(C2CC(N(C)C(=O)Cn3nnc(-c4ccccc4)n3)C2)c1. The van der Waals surface area contributed by atoms with E-state index in [9.17, 15) is 4.79 Å². The lowest BCUT2D eigenvalue weighted by molar-refractivity contribution is -0.134. The number of benzene rings is 2. The molecule has 1 saturated carbocycles. The molecule has 28 heavy (non-hydrogen) atoms. The first-order chi connectivity index (χ1) is 13.6. The van der Waals surface area contributed by atoms with Gasteiger partial charge in [0.25, 0.3) is 0 Å². The Balaban J connectivity index is 1.33. The van der Waals surface area contributed by atoms with E-state index < -0.39 is 0 Å². The van der Waals surface area contributed by atoms with E-state index in [0.717, 1.165) is 24.2 Å². The first-order valence-corrected chi connectivity index (χ1v) is 9.37. The fraction of sp³-hybridized carbons (Fsp3) is 0.333. The van der Waals surface area contributed by atoms with Crippen molar-refractivity contribution >= 4 is 5.91 Å². The fourth-order valence-electron chi connectivity index (χ4n) is 3.52. The zero-order chi connectivity index (χ0) is 19.5. The summed E-state index contributed by atoms with van der Waals surface area (Å²) in [6, 6.07) is 18.0. The van der Waals surface area contributed by atoms with Crippen molar-refractivity contribution in [2.45, 2.75) is 31.3 Å². The number of carbonyl (C=O) groups is 1. The zero-order valence-electron chi connectivity index (χ0n) is 16.0. The van der Waals surface area contributed by atoms with Crippen LogP contribution in [0.2, 0.25) is 0 Å². The molecule has 1 aromatic heterocycles. The molecule has 0 N–H and O–H groups in total. The summed E-state index contributed by atoms with van der Waals surface area (Å²) in [6.07, 6.45) is 1.91. The highest BCUT2D eigenvalue weighted by Crippen LogP contribution is 2.40. The second-order valence-corrected chi connectivity index (χ2v) is 7.11. The van der Waals surface area contributed by atoms with Crippen molar-refractivity contribution in [1.82, 2.24) is 25.1 Å². The maximum atomic E-state index is 12.6. The largest absolute Gasteiger partial charge is 0.497 e. The molecule has 0 unspecified atom stereocenters. The maximum Gasteiger partial charge on any atom is 0.246 e. The van der Waals surface area contributed by atoms with E-state index in [2.05, 4.69) is 27.5 Å². The van der Waals surface area contributed by atoms with Gasteiger partial charge >= 0.3 is 0 Å². The van der Waals surface area contributed by atoms with Gasteiger partial charge in [0.2, 0.25) is 11.7 Å². The molecule has 1 fully saturated rings. The monoisotopic (exact) mass is 377 g/mol. The van der Waals surface area contributed by atoms with Crippen LogP contribution in [-0.2, 0) is 11.3 Å². The number of nitrogens with zero attached hydrogens (tertiary/aromatic N) is 5. The van der Waals surface area contributed by atoms with Crippen LogP contribution in [0.25, 0.3) is 11.4 Å². The molecule has 144 valence electrons. The number of likely N-dealkylation sites (N-methyl/N-ethyl adjacent to an activating group) is 1. The van der Waals surface area contributed by atoms with Gasteiger partial charge in [0.15, 0.2) is 0 Å². The molecular weight excluding hydrogens is 354 g/mol. The minimum atomic E-state index is -0.00824. The third-order valence-corrected chi connectivity index (χ3v) is 5.38. The first kappa shape index (κ1) is 18.2. The molecule has 1 amide bonds. The summed E-state index contributed by atoms with van der Waals surface area (Å²) in [7, 11) is 3.53. The smallest absolute Gasteiger partial charge is 0.246 e. The topological polar surface area (TPSA) is 73.1 Å². The van der Waals surface area contributed by atoms with Crippen molar-refractivity contribution in [3.63, 3.8) is 0 Å². The van der Waals surface area contributed by atoms with E-state index in [1.165, 1.54) is 10.4 Å².